The third-order valence-corrected chi connectivity index (χ3v) is 2.63. The molecule has 0 aromatic carbocycles. The normalized spacial score (nSPS) is 10.5. The lowest BCUT2D eigenvalue weighted by molar-refractivity contribution is 0.684. The van der Waals surface area contributed by atoms with E-state index in [2.05, 4.69) is 33.0 Å². The first kappa shape index (κ1) is 8.47. The van der Waals surface area contributed by atoms with Crippen LogP contribution in [0.1, 0.15) is 10.6 Å². The Balaban J connectivity index is 1.76. The molecule has 0 aliphatic heterocycles. The molecule has 0 spiro atoms. The first-order valence-corrected chi connectivity index (χ1v) is 5.04. The topological polar surface area (TPSA) is 40.7 Å². The number of aromatic amines is 1. The Labute approximate surface area is 80.8 Å². The molecule has 2 aromatic heterocycles. The summed E-state index contributed by atoms with van der Waals surface area (Å²) in [7, 11) is 0. The Morgan fingerprint density at radius 2 is 2.38 bits per heavy atom. The molecule has 2 aromatic rings. The zero-order valence-corrected chi connectivity index (χ0v) is 7.97. The van der Waals surface area contributed by atoms with Crippen LogP contribution in [0.2, 0.25) is 0 Å². The van der Waals surface area contributed by atoms with Gasteiger partial charge in [0.25, 0.3) is 0 Å². The summed E-state index contributed by atoms with van der Waals surface area (Å²) in [6.07, 6.45) is 1.77. The van der Waals surface area contributed by atoms with Crippen molar-refractivity contribution in [1.29, 1.82) is 0 Å². The fraction of sp³-hybridized carbons (Fsp3) is 0.222. The molecule has 0 saturated heterocycles. The average Bonchev–Trinajstić information content (AvgIpc) is 2.75. The van der Waals surface area contributed by atoms with E-state index < -0.39 is 0 Å². The van der Waals surface area contributed by atoms with Crippen LogP contribution in [0.15, 0.2) is 29.8 Å². The number of thiophene rings is 1. The second-order valence-corrected chi connectivity index (χ2v) is 3.80. The second-order valence-electron chi connectivity index (χ2n) is 2.76. The molecule has 2 rings (SSSR count). The maximum absolute atomic E-state index is 3.88. The molecule has 2 heterocycles. The summed E-state index contributed by atoms with van der Waals surface area (Å²) in [5.74, 6) is 0. The van der Waals surface area contributed by atoms with Crippen molar-refractivity contribution in [3.05, 3.63) is 40.3 Å². The number of hydrogen-bond donors (Lipinski definition) is 2. The SMILES string of the molecule is c1csc(CNCc2ccn[nH]2)c1. The minimum absolute atomic E-state index is 0.845. The highest BCUT2D eigenvalue weighted by Crippen LogP contribution is 2.07. The maximum atomic E-state index is 3.88. The zero-order valence-electron chi connectivity index (χ0n) is 7.16. The van der Waals surface area contributed by atoms with Gasteiger partial charge in [-0.25, -0.2) is 0 Å². The predicted octanol–water partition coefficient (Wildman–Crippen LogP) is 1.76. The Hall–Kier alpha value is -1.13. The minimum atomic E-state index is 0.845. The lowest BCUT2D eigenvalue weighted by atomic mass is 10.4. The third kappa shape index (κ3) is 2.40. The molecule has 0 unspecified atom stereocenters. The van der Waals surface area contributed by atoms with Gasteiger partial charge in [-0.1, -0.05) is 6.07 Å². The van der Waals surface area contributed by atoms with Gasteiger partial charge in [-0.15, -0.1) is 11.3 Å². The van der Waals surface area contributed by atoms with E-state index in [-0.39, 0.29) is 0 Å². The standard InChI is InChI=1S/C9H11N3S/c1-2-9(13-5-1)7-10-6-8-3-4-11-12-8/h1-5,10H,6-7H2,(H,11,12). The van der Waals surface area contributed by atoms with E-state index in [4.69, 9.17) is 0 Å². The zero-order chi connectivity index (χ0) is 8.93. The Morgan fingerprint density at radius 3 is 3.08 bits per heavy atom. The first-order chi connectivity index (χ1) is 6.45. The second kappa shape index (κ2) is 4.20. The van der Waals surface area contributed by atoms with Crippen molar-refractivity contribution in [3.63, 3.8) is 0 Å². The first-order valence-electron chi connectivity index (χ1n) is 4.16. The number of aromatic nitrogens is 2. The predicted molar refractivity (Wildman–Crippen MR) is 53.5 cm³/mol. The van der Waals surface area contributed by atoms with Crippen molar-refractivity contribution in [2.45, 2.75) is 13.1 Å². The molecule has 0 bridgehead atoms. The lowest BCUT2D eigenvalue weighted by Gasteiger charge is -1.99. The van der Waals surface area contributed by atoms with Crippen LogP contribution >= 0.6 is 11.3 Å². The molecule has 4 heteroatoms. The van der Waals surface area contributed by atoms with Gasteiger partial charge in [-0.05, 0) is 17.5 Å². The molecule has 0 amide bonds. The van der Waals surface area contributed by atoms with Gasteiger partial charge in [0, 0.05) is 29.9 Å². The van der Waals surface area contributed by atoms with Gasteiger partial charge >= 0.3 is 0 Å². The van der Waals surface area contributed by atoms with Gasteiger partial charge in [0.15, 0.2) is 0 Å². The largest absolute Gasteiger partial charge is 0.306 e. The van der Waals surface area contributed by atoms with Gasteiger partial charge in [-0.2, -0.15) is 5.10 Å². The van der Waals surface area contributed by atoms with E-state index in [1.165, 1.54) is 4.88 Å². The van der Waals surface area contributed by atoms with Crippen LogP contribution in [-0.2, 0) is 13.1 Å². The highest BCUT2D eigenvalue weighted by molar-refractivity contribution is 7.09. The van der Waals surface area contributed by atoms with Crippen molar-refractivity contribution in [2.24, 2.45) is 0 Å². The molecule has 0 saturated carbocycles. The molecule has 68 valence electrons. The summed E-state index contributed by atoms with van der Waals surface area (Å²) in [4.78, 5) is 1.36. The van der Waals surface area contributed by atoms with Crippen LogP contribution in [0.3, 0.4) is 0 Å². The molecule has 0 aliphatic rings. The van der Waals surface area contributed by atoms with Crippen LogP contribution in [-0.4, -0.2) is 10.2 Å². The van der Waals surface area contributed by atoms with Crippen molar-refractivity contribution < 1.29 is 0 Å². The number of nitrogens with one attached hydrogen (secondary N) is 2. The third-order valence-electron chi connectivity index (χ3n) is 1.75. The van der Waals surface area contributed by atoms with E-state index in [0.29, 0.717) is 0 Å². The van der Waals surface area contributed by atoms with Gasteiger partial charge in [0.05, 0.1) is 0 Å². The monoisotopic (exact) mass is 193 g/mol. The summed E-state index contributed by atoms with van der Waals surface area (Å²) < 4.78 is 0. The molecule has 0 aliphatic carbocycles. The molecule has 0 atom stereocenters. The summed E-state index contributed by atoms with van der Waals surface area (Å²) in [6.45, 7) is 1.77. The van der Waals surface area contributed by atoms with Gasteiger partial charge in [0.1, 0.15) is 0 Å². The number of rotatable bonds is 4. The van der Waals surface area contributed by atoms with E-state index in [9.17, 15) is 0 Å². The van der Waals surface area contributed by atoms with E-state index in [0.717, 1.165) is 18.8 Å². The van der Waals surface area contributed by atoms with E-state index in [1.54, 1.807) is 17.5 Å². The molecule has 2 N–H and O–H groups in total. The quantitative estimate of drug-likeness (QED) is 0.776. The molecule has 13 heavy (non-hydrogen) atoms. The highest BCUT2D eigenvalue weighted by atomic mass is 32.1. The van der Waals surface area contributed by atoms with Crippen LogP contribution < -0.4 is 5.32 Å². The van der Waals surface area contributed by atoms with E-state index >= 15 is 0 Å². The van der Waals surface area contributed by atoms with Crippen LogP contribution in [0.4, 0.5) is 0 Å². The summed E-state index contributed by atoms with van der Waals surface area (Å²) in [5.41, 5.74) is 1.12. The van der Waals surface area contributed by atoms with Crippen LogP contribution in [0, 0.1) is 0 Å². The van der Waals surface area contributed by atoms with Crippen LogP contribution in [0.5, 0.6) is 0 Å². The van der Waals surface area contributed by atoms with Crippen molar-refractivity contribution in [2.75, 3.05) is 0 Å². The number of hydrogen-bond acceptors (Lipinski definition) is 3. The number of nitrogens with zero attached hydrogens (tertiary/aromatic N) is 1. The summed E-state index contributed by atoms with van der Waals surface area (Å²) in [6, 6.07) is 6.17. The molecular formula is C9H11N3S. The highest BCUT2D eigenvalue weighted by Gasteiger charge is 1.94. The maximum Gasteiger partial charge on any atom is 0.0490 e. The Bertz CT molecular complexity index is 291. The Morgan fingerprint density at radius 1 is 1.38 bits per heavy atom. The van der Waals surface area contributed by atoms with Gasteiger partial charge < -0.3 is 5.32 Å². The lowest BCUT2D eigenvalue weighted by Crippen LogP contribution is -2.11. The number of H-pyrrole nitrogens is 1. The fourth-order valence-electron chi connectivity index (χ4n) is 1.12. The van der Waals surface area contributed by atoms with Crippen molar-refractivity contribution >= 4 is 11.3 Å². The fourth-order valence-corrected chi connectivity index (χ4v) is 1.79. The minimum Gasteiger partial charge on any atom is -0.306 e. The van der Waals surface area contributed by atoms with Crippen LogP contribution in [0.25, 0.3) is 0 Å². The van der Waals surface area contributed by atoms with Gasteiger partial charge in [0.2, 0.25) is 0 Å². The van der Waals surface area contributed by atoms with Crippen molar-refractivity contribution in [1.82, 2.24) is 15.5 Å². The summed E-state index contributed by atoms with van der Waals surface area (Å²) >= 11 is 1.77. The molecule has 0 fully saturated rings. The Kier molecular flexibility index (Phi) is 2.74. The molecule has 0 radical (unpaired) electrons. The molecule has 3 nitrogen and oxygen atoms in total. The molecular weight excluding hydrogens is 182 g/mol. The summed E-state index contributed by atoms with van der Waals surface area (Å²) in [5, 5.41) is 12.2. The van der Waals surface area contributed by atoms with Gasteiger partial charge in [-0.3, -0.25) is 5.10 Å². The van der Waals surface area contributed by atoms with E-state index in [1.807, 2.05) is 6.07 Å². The average molecular weight is 193 g/mol. The van der Waals surface area contributed by atoms with Crippen molar-refractivity contribution in [3.8, 4) is 0 Å². The smallest absolute Gasteiger partial charge is 0.0490 e.